The summed E-state index contributed by atoms with van der Waals surface area (Å²) in [5, 5.41) is 12.9. The number of aromatic hydroxyl groups is 1. The lowest BCUT2D eigenvalue weighted by atomic mass is 10.4. The Hall–Kier alpha value is -1.58. The van der Waals surface area contributed by atoms with Gasteiger partial charge in [-0.2, -0.15) is 5.10 Å². The van der Waals surface area contributed by atoms with Crippen LogP contribution in [0.1, 0.15) is 0 Å². The molecule has 0 radical (unpaired) electrons. The molecule has 0 aliphatic carbocycles. The molecular weight excluding hydrogens is 147 g/mol. The summed E-state index contributed by atoms with van der Waals surface area (Å²) < 4.78 is 14.1. The predicted octanol–water partition coefficient (Wildman–Crippen LogP) is 1.18. The monoisotopic (exact) mass is 152 g/mol. The molecule has 3 nitrogen and oxygen atoms in total. The minimum absolute atomic E-state index is 0.0949. The van der Waals surface area contributed by atoms with Crippen LogP contribution in [0.3, 0.4) is 0 Å². The third-order valence-electron chi connectivity index (χ3n) is 1.48. The molecule has 0 amide bonds. The quantitative estimate of drug-likeness (QED) is 0.615. The zero-order chi connectivity index (χ0) is 7.84. The van der Waals surface area contributed by atoms with E-state index < -0.39 is 5.82 Å². The van der Waals surface area contributed by atoms with E-state index in [9.17, 15) is 4.39 Å². The van der Waals surface area contributed by atoms with Gasteiger partial charge in [-0.15, -0.1) is 0 Å². The number of hydrogen-bond donors (Lipinski definition) is 1. The van der Waals surface area contributed by atoms with Gasteiger partial charge in [-0.1, -0.05) is 0 Å². The van der Waals surface area contributed by atoms with E-state index in [-0.39, 0.29) is 11.3 Å². The summed E-state index contributed by atoms with van der Waals surface area (Å²) in [6.45, 7) is 0. The van der Waals surface area contributed by atoms with Crippen molar-refractivity contribution in [2.24, 2.45) is 0 Å². The maximum Gasteiger partial charge on any atom is 0.154 e. The molecule has 56 valence electrons. The molecule has 0 spiro atoms. The van der Waals surface area contributed by atoms with Crippen LogP contribution < -0.4 is 0 Å². The molecule has 0 unspecified atom stereocenters. The van der Waals surface area contributed by atoms with Gasteiger partial charge in [0, 0.05) is 12.3 Å². The predicted molar refractivity (Wildman–Crippen MR) is 36.8 cm³/mol. The van der Waals surface area contributed by atoms with Crippen molar-refractivity contribution < 1.29 is 9.50 Å². The lowest BCUT2D eigenvalue weighted by Gasteiger charge is -1.94. The molecular formula is C7H5FN2O. The van der Waals surface area contributed by atoms with Gasteiger partial charge in [0.05, 0.1) is 6.20 Å². The maximum atomic E-state index is 12.8. The van der Waals surface area contributed by atoms with Gasteiger partial charge in [0.25, 0.3) is 0 Å². The zero-order valence-electron chi connectivity index (χ0n) is 5.53. The molecule has 0 bridgehead atoms. The number of aromatic nitrogens is 2. The molecule has 0 aliphatic heterocycles. The average molecular weight is 152 g/mol. The van der Waals surface area contributed by atoms with Crippen molar-refractivity contribution in [3.8, 4) is 5.75 Å². The van der Waals surface area contributed by atoms with Crippen LogP contribution in [0.4, 0.5) is 4.39 Å². The van der Waals surface area contributed by atoms with E-state index in [1.54, 1.807) is 0 Å². The van der Waals surface area contributed by atoms with Crippen molar-refractivity contribution in [3.63, 3.8) is 0 Å². The highest BCUT2D eigenvalue weighted by atomic mass is 19.1. The number of nitrogens with zero attached hydrogens (tertiary/aromatic N) is 2. The summed E-state index contributed by atoms with van der Waals surface area (Å²) in [7, 11) is 0. The van der Waals surface area contributed by atoms with Crippen LogP contribution in [0.25, 0.3) is 5.52 Å². The molecule has 2 aromatic rings. The molecule has 0 aliphatic rings. The van der Waals surface area contributed by atoms with Gasteiger partial charge in [0.2, 0.25) is 0 Å². The van der Waals surface area contributed by atoms with E-state index in [1.807, 2.05) is 0 Å². The highest BCUT2D eigenvalue weighted by Crippen LogP contribution is 2.19. The van der Waals surface area contributed by atoms with Crippen LogP contribution in [-0.2, 0) is 0 Å². The van der Waals surface area contributed by atoms with Crippen LogP contribution in [-0.4, -0.2) is 14.7 Å². The molecule has 0 saturated heterocycles. The molecule has 11 heavy (non-hydrogen) atoms. The van der Waals surface area contributed by atoms with Crippen LogP contribution in [0.15, 0.2) is 24.5 Å². The Bertz CT molecular complexity index is 396. The summed E-state index contributed by atoms with van der Waals surface area (Å²) in [6, 6.07) is 2.60. The molecule has 2 aromatic heterocycles. The summed E-state index contributed by atoms with van der Waals surface area (Å²) >= 11 is 0. The lowest BCUT2D eigenvalue weighted by molar-refractivity contribution is 0.473. The van der Waals surface area contributed by atoms with E-state index in [0.29, 0.717) is 0 Å². The lowest BCUT2D eigenvalue weighted by Crippen LogP contribution is -1.87. The molecule has 0 fully saturated rings. The van der Waals surface area contributed by atoms with Gasteiger partial charge in [0.15, 0.2) is 5.82 Å². The standard InChI is InChI=1S/C7H5FN2O/c8-5-2-4-10-7(5)6(11)1-3-9-10/h1-4,11H. The molecule has 0 atom stereocenters. The summed E-state index contributed by atoms with van der Waals surface area (Å²) in [6.07, 6.45) is 2.85. The Labute approximate surface area is 61.7 Å². The van der Waals surface area contributed by atoms with Gasteiger partial charge in [-0.05, 0) is 6.07 Å². The van der Waals surface area contributed by atoms with Crippen LogP contribution in [0, 0.1) is 5.82 Å². The first-order valence-corrected chi connectivity index (χ1v) is 3.10. The average Bonchev–Trinajstić information content (AvgIpc) is 2.34. The topological polar surface area (TPSA) is 37.5 Å². The van der Waals surface area contributed by atoms with Crippen LogP contribution in [0.5, 0.6) is 5.75 Å². The number of hydrogen-bond acceptors (Lipinski definition) is 2. The highest BCUT2D eigenvalue weighted by molar-refractivity contribution is 5.59. The Morgan fingerprint density at radius 2 is 2.27 bits per heavy atom. The van der Waals surface area contributed by atoms with Crippen molar-refractivity contribution in [1.82, 2.24) is 9.61 Å². The van der Waals surface area contributed by atoms with Crippen molar-refractivity contribution in [2.75, 3.05) is 0 Å². The Kier molecular flexibility index (Phi) is 1.09. The van der Waals surface area contributed by atoms with Gasteiger partial charge >= 0.3 is 0 Å². The highest BCUT2D eigenvalue weighted by Gasteiger charge is 2.05. The summed E-state index contributed by atoms with van der Waals surface area (Å²) in [5.74, 6) is -0.557. The third-order valence-corrected chi connectivity index (χ3v) is 1.48. The van der Waals surface area contributed by atoms with Crippen molar-refractivity contribution in [1.29, 1.82) is 0 Å². The Morgan fingerprint density at radius 3 is 3.00 bits per heavy atom. The SMILES string of the molecule is Oc1ccnn2ccc(F)c12. The first kappa shape index (κ1) is 6.15. The first-order valence-electron chi connectivity index (χ1n) is 3.10. The molecule has 0 saturated carbocycles. The molecule has 0 aromatic carbocycles. The van der Waals surface area contributed by atoms with E-state index >= 15 is 0 Å². The second-order valence-corrected chi connectivity index (χ2v) is 2.17. The summed E-state index contributed by atoms with van der Waals surface area (Å²) in [4.78, 5) is 0. The van der Waals surface area contributed by atoms with Gasteiger partial charge in [-0.3, -0.25) is 0 Å². The largest absolute Gasteiger partial charge is 0.506 e. The third kappa shape index (κ3) is 0.756. The second kappa shape index (κ2) is 1.95. The Balaban J connectivity index is 2.96. The Morgan fingerprint density at radius 1 is 1.45 bits per heavy atom. The van der Waals surface area contributed by atoms with Crippen molar-refractivity contribution >= 4 is 5.52 Å². The number of fused-ring (bicyclic) bond motifs is 1. The molecule has 1 N–H and O–H groups in total. The molecule has 2 heterocycles. The van der Waals surface area contributed by atoms with Gasteiger partial charge in [-0.25, -0.2) is 8.91 Å². The number of rotatable bonds is 0. The molecule has 2 rings (SSSR count). The van der Waals surface area contributed by atoms with Gasteiger partial charge < -0.3 is 5.11 Å². The van der Waals surface area contributed by atoms with E-state index in [0.717, 1.165) is 0 Å². The van der Waals surface area contributed by atoms with Crippen molar-refractivity contribution in [2.45, 2.75) is 0 Å². The first-order chi connectivity index (χ1) is 5.29. The van der Waals surface area contributed by atoms with E-state index in [2.05, 4.69) is 5.10 Å². The molecule has 4 heteroatoms. The van der Waals surface area contributed by atoms with Crippen LogP contribution in [0.2, 0.25) is 0 Å². The normalized spacial score (nSPS) is 10.6. The fourth-order valence-electron chi connectivity index (χ4n) is 0.990. The maximum absolute atomic E-state index is 12.8. The fraction of sp³-hybridized carbons (Fsp3) is 0. The second-order valence-electron chi connectivity index (χ2n) is 2.17. The summed E-state index contributed by atoms with van der Waals surface area (Å²) in [5.41, 5.74) is 0.118. The zero-order valence-corrected chi connectivity index (χ0v) is 5.53. The minimum atomic E-state index is -0.462. The van der Waals surface area contributed by atoms with Gasteiger partial charge in [0.1, 0.15) is 11.3 Å². The smallest absolute Gasteiger partial charge is 0.154 e. The van der Waals surface area contributed by atoms with E-state index in [1.165, 1.54) is 29.0 Å². The van der Waals surface area contributed by atoms with Crippen LogP contribution >= 0.6 is 0 Å². The number of halogens is 1. The van der Waals surface area contributed by atoms with Crippen molar-refractivity contribution in [3.05, 3.63) is 30.3 Å². The minimum Gasteiger partial charge on any atom is -0.506 e. The van der Waals surface area contributed by atoms with E-state index in [4.69, 9.17) is 5.11 Å². The fourth-order valence-corrected chi connectivity index (χ4v) is 0.990.